The van der Waals surface area contributed by atoms with Gasteiger partial charge in [0, 0.05) is 45.3 Å². The summed E-state index contributed by atoms with van der Waals surface area (Å²) in [4.78, 5) is 32.0. The molecule has 4 atom stereocenters. The first kappa shape index (κ1) is 15.7. The lowest BCUT2D eigenvalue weighted by Gasteiger charge is -2.50. The van der Waals surface area contributed by atoms with Crippen molar-refractivity contribution in [3.8, 4) is 0 Å². The smallest absolute Gasteiger partial charge is 0.410 e. The summed E-state index contributed by atoms with van der Waals surface area (Å²) in [5.74, 6) is 0.517. The van der Waals surface area contributed by atoms with Gasteiger partial charge >= 0.3 is 12.2 Å². The second-order valence-electron chi connectivity index (χ2n) is 8.78. The highest BCUT2D eigenvalue weighted by atomic mass is 16.6. The average Bonchev–Trinajstić information content (AvgIpc) is 3.10. The van der Waals surface area contributed by atoms with E-state index < -0.39 is 0 Å². The van der Waals surface area contributed by atoms with Gasteiger partial charge in [0.15, 0.2) is 11.2 Å². The average molecular weight is 350 g/mol. The quantitative estimate of drug-likeness (QED) is 0.716. The first-order valence-electron chi connectivity index (χ1n) is 9.17. The van der Waals surface area contributed by atoms with Crippen LogP contribution in [0.3, 0.4) is 0 Å². The standard InChI is InChI=1S/C17H26N4O4/c1-11-17(9-18(11)2)10-20(15(23)25-17)5-12-4-13(12)21-7-16(8-21)6-19(3)14(22)24-16/h11-13H,4-10H2,1-3H3. The number of ether oxygens (including phenoxy) is 2. The van der Waals surface area contributed by atoms with E-state index in [1.807, 2.05) is 4.90 Å². The molecule has 0 bridgehead atoms. The highest BCUT2D eigenvalue weighted by molar-refractivity contribution is 5.71. The van der Waals surface area contributed by atoms with Crippen molar-refractivity contribution in [3.05, 3.63) is 0 Å². The van der Waals surface area contributed by atoms with Crippen LogP contribution in [0.5, 0.6) is 0 Å². The van der Waals surface area contributed by atoms with E-state index in [4.69, 9.17) is 9.47 Å². The molecule has 4 aliphatic heterocycles. The number of likely N-dealkylation sites (N-methyl/N-ethyl adjacent to an activating group) is 2. The van der Waals surface area contributed by atoms with E-state index in [2.05, 4.69) is 23.8 Å². The zero-order valence-electron chi connectivity index (χ0n) is 15.1. The summed E-state index contributed by atoms with van der Waals surface area (Å²) < 4.78 is 11.2. The van der Waals surface area contributed by atoms with Crippen LogP contribution in [0.1, 0.15) is 13.3 Å². The largest absolute Gasteiger partial charge is 0.438 e. The maximum Gasteiger partial charge on any atom is 0.410 e. The summed E-state index contributed by atoms with van der Waals surface area (Å²) in [5.41, 5.74) is -0.582. The molecule has 0 radical (unpaired) electrons. The highest BCUT2D eigenvalue weighted by Gasteiger charge is 2.61. The number of rotatable bonds is 3. The molecule has 8 heteroatoms. The van der Waals surface area contributed by atoms with Gasteiger partial charge in [0.2, 0.25) is 0 Å². The molecule has 8 nitrogen and oxygen atoms in total. The third-order valence-corrected chi connectivity index (χ3v) is 6.88. The van der Waals surface area contributed by atoms with Crippen molar-refractivity contribution in [3.63, 3.8) is 0 Å². The number of hydrogen-bond acceptors (Lipinski definition) is 6. The van der Waals surface area contributed by atoms with E-state index in [1.54, 1.807) is 11.9 Å². The number of amides is 2. The minimum Gasteiger partial charge on any atom is -0.438 e. The van der Waals surface area contributed by atoms with Crippen LogP contribution in [0.15, 0.2) is 0 Å². The van der Waals surface area contributed by atoms with Crippen LogP contribution in [0.25, 0.3) is 0 Å². The lowest BCUT2D eigenvalue weighted by molar-refractivity contribution is -0.109. The normalized spacial score (nSPS) is 42.6. The monoisotopic (exact) mass is 350 g/mol. The zero-order valence-corrected chi connectivity index (χ0v) is 15.1. The number of carbonyl (C=O) groups is 2. The minimum absolute atomic E-state index is 0.156. The van der Waals surface area contributed by atoms with Crippen molar-refractivity contribution >= 4 is 12.2 Å². The van der Waals surface area contributed by atoms with E-state index in [0.717, 1.165) is 32.6 Å². The van der Waals surface area contributed by atoms with Crippen molar-refractivity contribution in [2.24, 2.45) is 5.92 Å². The van der Waals surface area contributed by atoms with Gasteiger partial charge in [0.05, 0.1) is 13.1 Å². The lowest BCUT2D eigenvalue weighted by atomic mass is 9.85. The third kappa shape index (κ3) is 2.19. The first-order valence-corrected chi connectivity index (χ1v) is 9.17. The molecular formula is C17H26N4O4. The van der Waals surface area contributed by atoms with Crippen LogP contribution in [0, 0.1) is 5.92 Å². The van der Waals surface area contributed by atoms with Crippen LogP contribution < -0.4 is 0 Å². The number of nitrogens with zero attached hydrogens (tertiary/aromatic N) is 4. The molecule has 4 saturated heterocycles. The molecular weight excluding hydrogens is 324 g/mol. The van der Waals surface area contributed by atoms with Crippen molar-refractivity contribution in [1.29, 1.82) is 0 Å². The van der Waals surface area contributed by atoms with Crippen LogP contribution in [-0.4, -0.2) is 108 Å². The maximum absolute atomic E-state index is 12.2. The predicted molar refractivity (Wildman–Crippen MR) is 88.2 cm³/mol. The number of carbonyl (C=O) groups excluding carboxylic acids is 2. The molecule has 5 fully saturated rings. The fourth-order valence-corrected chi connectivity index (χ4v) is 5.12. The second-order valence-corrected chi connectivity index (χ2v) is 8.78. The van der Waals surface area contributed by atoms with Gasteiger partial charge in [-0.2, -0.15) is 0 Å². The lowest BCUT2D eigenvalue weighted by Crippen LogP contribution is -2.68. The molecule has 0 aromatic heterocycles. The number of likely N-dealkylation sites (tertiary alicyclic amines) is 2. The SMILES string of the molecule is CC1N(C)CC12CN(CC1CC1N1CC3(CN(C)C(=O)O3)C1)C(=O)O2. The summed E-state index contributed by atoms with van der Waals surface area (Å²) >= 11 is 0. The second kappa shape index (κ2) is 4.79. The highest BCUT2D eigenvalue weighted by Crippen LogP contribution is 2.45. The van der Waals surface area contributed by atoms with Gasteiger partial charge in [-0.1, -0.05) is 0 Å². The Kier molecular flexibility index (Phi) is 3.01. The molecule has 25 heavy (non-hydrogen) atoms. The Morgan fingerprint density at radius 1 is 1.04 bits per heavy atom. The van der Waals surface area contributed by atoms with Crippen molar-refractivity contribution < 1.29 is 19.1 Å². The molecule has 138 valence electrons. The van der Waals surface area contributed by atoms with Crippen LogP contribution in [0.4, 0.5) is 9.59 Å². The van der Waals surface area contributed by atoms with Gasteiger partial charge in [0.25, 0.3) is 0 Å². The Morgan fingerprint density at radius 3 is 2.40 bits per heavy atom. The fourth-order valence-electron chi connectivity index (χ4n) is 5.12. The zero-order chi connectivity index (χ0) is 17.6. The van der Waals surface area contributed by atoms with Gasteiger partial charge in [0.1, 0.15) is 0 Å². The summed E-state index contributed by atoms with van der Waals surface area (Å²) in [6, 6.07) is 0.807. The topological polar surface area (TPSA) is 65.6 Å². The van der Waals surface area contributed by atoms with E-state index in [-0.39, 0.29) is 23.4 Å². The molecule has 5 rings (SSSR count). The summed E-state index contributed by atoms with van der Waals surface area (Å²) in [7, 11) is 3.85. The van der Waals surface area contributed by atoms with E-state index in [1.165, 1.54) is 0 Å². The Morgan fingerprint density at radius 2 is 1.80 bits per heavy atom. The van der Waals surface area contributed by atoms with E-state index >= 15 is 0 Å². The molecule has 0 aromatic rings. The molecule has 0 aromatic carbocycles. The Hall–Kier alpha value is -1.54. The fraction of sp³-hybridized carbons (Fsp3) is 0.882. The summed E-state index contributed by atoms with van der Waals surface area (Å²) in [6.07, 6.45) is 0.750. The molecule has 4 unspecified atom stereocenters. The first-order chi connectivity index (χ1) is 11.8. The van der Waals surface area contributed by atoms with E-state index in [9.17, 15) is 9.59 Å². The molecule has 5 aliphatic rings. The molecule has 2 spiro atoms. The molecule has 2 amide bonds. The van der Waals surface area contributed by atoms with Crippen molar-refractivity contribution in [1.82, 2.24) is 19.6 Å². The molecule has 0 N–H and O–H groups in total. The van der Waals surface area contributed by atoms with Crippen molar-refractivity contribution in [2.45, 2.75) is 36.6 Å². The van der Waals surface area contributed by atoms with Gasteiger partial charge in [-0.15, -0.1) is 0 Å². The van der Waals surface area contributed by atoms with Crippen LogP contribution in [-0.2, 0) is 9.47 Å². The molecule has 1 saturated carbocycles. The van der Waals surface area contributed by atoms with Gasteiger partial charge in [-0.25, -0.2) is 9.59 Å². The van der Waals surface area contributed by atoms with Crippen LogP contribution >= 0.6 is 0 Å². The molecule has 1 aliphatic carbocycles. The predicted octanol–water partition coefficient (Wildman–Crippen LogP) is 0.0362. The van der Waals surface area contributed by atoms with Gasteiger partial charge in [-0.05, 0) is 26.3 Å². The summed E-state index contributed by atoms with van der Waals surface area (Å²) in [6.45, 7) is 6.78. The van der Waals surface area contributed by atoms with Gasteiger partial charge in [-0.3, -0.25) is 9.80 Å². The third-order valence-electron chi connectivity index (χ3n) is 6.88. The summed E-state index contributed by atoms with van der Waals surface area (Å²) in [5, 5.41) is 0. The van der Waals surface area contributed by atoms with Gasteiger partial charge < -0.3 is 19.3 Å². The minimum atomic E-state index is -0.292. The molecule has 4 heterocycles. The maximum atomic E-state index is 12.2. The Bertz CT molecular complexity index is 636. The number of hydrogen-bond donors (Lipinski definition) is 0. The Balaban J connectivity index is 1.13. The van der Waals surface area contributed by atoms with Crippen molar-refractivity contribution in [2.75, 3.05) is 53.4 Å². The van der Waals surface area contributed by atoms with E-state index in [0.29, 0.717) is 31.1 Å². The Labute approximate surface area is 147 Å². The van der Waals surface area contributed by atoms with Crippen LogP contribution in [0.2, 0.25) is 0 Å².